The number of hydrogen-bond donors (Lipinski definition) is 0. The molecule has 4 heterocycles. The second-order valence-corrected chi connectivity index (χ2v) is 17.9. The molecule has 0 unspecified atom stereocenters. The minimum Gasteiger partial charge on any atom is -0.309 e. The Hall–Kier alpha value is -9.32. The van der Waals surface area contributed by atoms with Crippen LogP contribution >= 0.6 is 0 Å². The summed E-state index contributed by atoms with van der Waals surface area (Å²) in [6.45, 7) is 0. The molecule has 0 amide bonds. The molecule has 330 valence electrons. The third kappa shape index (κ3) is 5.72. The first-order valence-electron chi connectivity index (χ1n) is 23.1. The number of para-hydroxylation sites is 6. The summed E-state index contributed by atoms with van der Waals surface area (Å²) in [6.07, 6.45) is -4.80. The number of halogens is 3. The molecular formula is C62H36F3N5. The third-order valence-electron chi connectivity index (χ3n) is 14.2. The average Bonchev–Trinajstić information content (AvgIpc) is 4.12. The normalized spacial score (nSPS) is 12.2. The van der Waals surface area contributed by atoms with Crippen LogP contribution in [0, 0.1) is 11.3 Å². The number of fused-ring (bicyclic) bond motifs is 12. The summed E-state index contributed by atoms with van der Waals surface area (Å²) >= 11 is 0. The smallest absolute Gasteiger partial charge is 0.309 e. The number of rotatable bonds is 5. The molecule has 10 aromatic carbocycles. The fourth-order valence-corrected chi connectivity index (χ4v) is 11.3. The Morgan fingerprint density at radius 1 is 0.329 bits per heavy atom. The molecule has 0 atom stereocenters. The summed E-state index contributed by atoms with van der Waals surface area (Å²) in [7, 11) is 0. The van der Waals surface area contributed by atoms with Gasteiger partial charge in [0, 0.05) is 60.0 Å². The first-order chi connectivity index (χ1) is 34.3. The number of nitrogens with zero attached hydrogens (tertiary/aromatic N) is 5. The maximum atomic E-state index is 16.5. The molecule has 0 bridgehead atoms. The van der Waals surface area contributed by atoms with Crippen LogP contribution in [0.1, 0.15) is 11.1 Å². The molecule has 0 spiro atoms. The Bertz CT molecular complexity index is 4450. The van der Waals surface area contributed by atoms with Crippen LogP contribution < -0.4 is 0 Å². The fourth-order valence-electron chi connectivity index (χ4n) is 11.3. The molecule has 0 N–H and O–H groups in total. The molecule has 0 aliphatic rings. The van der Waals surface area contributed by atoms with Crippen molar-refractivity contribution in [2.75, 3.05) is 0 Å². The third-order valence-corrected chi connectivity index (χ3v) is 14.2. The lowest BCUT2D eigenvalue weighted by atomic mass is 9.97. The van der Waals surface area contributed by atoms with Crippen molar-refractivity contribution >= 4 is 87.2 Å². The van der Waals surface area contributed by atoms with Crippen LogP contribution in [0.2, 0.25) is 0 Å². The predicted octanol–water partition coefficient (Wildman–Crippen LogP) is 16.6. The molecule has 14 aromatic rings. The second-order valence-electron chi connectivity index (χ2n) is 17.9. The van der Waals surface area contributed by atoms with E-state index < -0.39 is 11.7 Å². The summed E-state index contributed by atoms with van der Waals surface area (Å²) in [5.41, 5.74) is 9.57. The first-order valence-corrected chi connectivity index (χ1v) is 23.1. The number of hydrogen-bond acceptors (Lipinski definition) is 1. The SMILES string of the molecule is N#Cc1cccc(-c2cc(-n3c4ccccc4c4ccc(-n5c6ccccc6c6ccccc65)cc43)c(C(F)(F)F)cc2-n2c3ccccc3c3ccc(-n4c5ccccc5c5ccccc54)cc32)c1. The highest BCUT2D eigenvalue weighted by molar-refractivity contribution is 6.14. The number of benzene rings is 10. The highest BCUT2D eigenvalue weighted by Gasteiger charge is 2.37. The summed E-state index contributed by atoms with van der Waals surface area (Å²) < 4.78 is 57.6. The van der Waals surface area contributed by atoms with Gasteiger partial charge in [0.15, 0.2) is 0 Å². The van der Waals surface area contributed by atoms with Crippen LogP contribution in [-0.2, 0) is 6.18 Å². The van der Waals surface area contributed by atoms with Crippen molar-refractivity contribution in [1.29, 1.82) is 5.26 Å². The van der Waals surface area contributed by atoms with Gasteiger partial charge in [-0.25, -0.2) is 0 Å². The van der Waals surface area contributed by atoms with E-state index in [1.165, 1.54) is 6.07 Å². The van der Waals surface area contributed by atoms with E-state index in [-0.39, 0.29) is 5.69 Å². The van der Waals surface area contributed by atoms with E-state index in [4.69, 9.17) is 0 Å². The number of aromatic nitrogens is 4. The number of alkyl halides is 3. The maximum absolute atomic E-state index is 16.5. The summed E-state index contributed by atoms with van der Waals surface area (Å²) in [5, 5.41) is 18.1. The van der Waals surface area contributed by atoms with Crippen molar-refractivity contribution in [3.05, 3.63) is 230 Å². The maximum Gasteiger partial charge on any atom is 0.418 e. The molecule has 5 nitrogen and oxygen atoms in total. The molecule has 4 aromatic heterocycles. The van der Waals surface area contributed by atoms with Crippen LogP contribution in [0.15, 0.2) is 218 Å². The standard InChI is InChI=1S/C62H36F3N5/c63-62(64,65)51-36-60(69-56-26-11-5-20-46(56)48-30-28-40(33-58(48)69)67-52-22-7-1-16-42(52)43-17-2-8-23-53(43)67)50(39-15-13-14-38(32-39)37-66)35-61(51)70-57-27-12-6-21-47(57)49-31-29-41(34-59(49)70)68-54-24-9-3-18-44(54)45-19-4-10-25-55(45)68/h1-36H. The van der Waals surface area contributed by atoms with Crippen molar-refractivity contribution in [2.24, 2.45) is 0 Å². The minimum atomic E-state index is -4.80. The largest absolute Gasteiger partial charge is 0.418 e. The van der Waals surface area contributed by atoms with Gasteiger partial charge < -0.3 is 18.3 Å². The van der Waals surface area contributed by atoms with Gasteiger partial charge in [-0.3, -0.25) is 0 Å². The van der Waals surface area contributed by atoms with Gasteiger partial charge in [0.05, 0.1) is 72.7 Å². The number of nitriles is 1. The molecular weight excluding hydrogens is 872 g/mol. The topological polar surface area (TPSA) is 43.5 Å². The van der Waals surface area contributed by atoms with Crippen LogP contribution in [0.5, 0.6) is 0 Å². The molecule has 8 heteroatoms. The van der Waals surface area contributed by atoms with Gasteiger partial charge in [-0.2, -0.15) is 18.4 Å². The van der Waals surface area contributed by atoms with E-state index >= 15 is 13.2 Å². The zero-order valence-electron chi connectivity index (χ0n) is 37.2. The van der Waals surface area contributed by atoms with E-state index in [1.54, 1.807) is 28.8 Å². The van der Waals surface area contributed by atoms with E-state index in [0.29, 0.717) is 33.4 Å². The van der Waals surface area contributed by atoms with Crippen molar-refractivity contribution in [2.45, 2.75) is 6.18 Å². The van der Waals surface area contributed by atoms with Crippen LogP contribution in [0.3, 0.4) is 0 Å². The highest BCUT2D eigenvalue weighted by atomic mass is 19.4. The summed E-state index contributed by atoms with van der Waals surface area (Å²) in [5.74, 6) is 0. The van der Waals surface area contributed by atoms with Gasteiger partial charge >= 0.3 is 6.18 Å². The Balaban J connectivity index is 1.09. The molecule has 0 aliphatic carbocycles. The lowest BCUT2D eigenvalue weighted by molar-refractivity contribution is -0.137. The van der Waals surface area contributed by atoms with Crippen molar-refractivity contribution in [3.63, 3.8) is 0 Å². The van der Waals surface area contributed by atoms with E-state index in [1.807, 2.05) is 120 Å². The van der Waals surface area contributed by atoms with E-state index in [2.05, 4.69) is 88.0 Å². The second kappa shape index (κ2) is 14.8. The lowest BCUT2D eigenvalue weighted by Crippen LogP contribution is -2.13. The zero-order chi connectivity index (χ0) is 46.8. The minimum absolute atomic E-state index is 0.0223. The molecule has 0 aliphatic heterocycles. The Morgan fingerprint density at radius 2 is 0.700 bits per heavy atom. The van der Waals surface area contributed by atoms with Gasteiger partial charge in [0.25, 0.3) is 0 Å². The predicted molar refractivity (Wildman–Crippen MR) is 279 cm³/mol. The van der Waals surface area contributed by atoms with Crippen LogP contribution in [0.4, 0.5) is 13.2 Å². The molecule has 14 rings (SSSR count). The molecule has 0 radical (unpaired) electrons. The Labute approximate surface area is 397 Å². The molecule has 0 saturated heterocycles. The van der Waals surface area contributed by atoms with Gasteiger partial charge in [0.1, 0.15) is 0 Å². The van der Waals surface area contributed by atoms with Crippen LogP contribution in [-0.4, -0.2) is 18.3 Å². The van der Waals surface area contributed by atoms with Crippen molar-refractivity contribution in [1.82, 2.24) is 18.3 Å². The van der Waals surface area contributed by atoms with Crippen molar-refractivity contribution < 1.29 is 13.2 Å². The summed E-state index contributed by atoms with van der Waals surface area (Å²) in [6, 6.07) is 73.3. The fraction of sp³-hybridized carbons (Fsp3) is 0.0161. The van der Waals surface area contributed by atoms with Gasteiger partial charge in [-0.15, -0.1) is 0 Å². The molecule has 70 heavy (non-hydrogen) atoms. The first kappa shape index (κ1) is 39.8. The monoisotopic (exact) mass is 907 g/mol. The van der Waals surface area contributed by atoms with Crippen molar-refractivity contribution in [3.8, 4) is 39.9 Å². The molecule has 0 fully saturated rings. The van der Waals surface area contributed by atoms with Gasteiger partial charge in [-0.05, 0) is 90.5 Å². The van der Waals surface area contributed by atoms with Crippen LogP contribution in [0.25, 0.3) is 121 Å². The van der Waals surface area contributed by atoms with Gasteiger partial charge in [-0.1, -0.05) is 133 Å². The zero-order valence-corrected chi connectivity index (χ0v) is 37.2. The van der Waals surface area contributed by atoms with Gasteiger partial charge in [0.2, 0.25) is 0 Å². The summed E-state index contributed by atoms with van der Waals surface area (Å²) in [4.78, 5) is 0. The van der Waals surface area contributed by atoms with E-state index in [0.717, 1.165) is 87.6 Å². The Kier molecular flexibility index (Phi) is 8.44. The quantitative estimate of drug-likeness (QED) is 0.170. The van der Waals surface area contributed by atoms with E-state index in [9.17, 15) is 5.26 Å². The molecule has 0 saturated carbocycles. The Morgan fingerprint density at radius 3 is 1.10 bits per heavy atom. The average molecular weight is 908 g/mol. The highest BCUT2D eigenvalue weighted by Crippen LogP contribution is 2.46. The lowest BCUT2D eigenvalue weighted by Gasteiger charge is -2.22.